The Morgan fingerprint density at radius 3 is 2.57 bits per heavy atom. The predicted molar refractivity (Wildman–Crippen MR) is 88.3 cm³/mol. The molecular formula is C17H22FNO3S. The van der Waals surface area contributed by atoms with Gasteiger partial charge < -0.3 is 9.64 Å². The van der Waals surface area contributed by atoms with Gasteiger partial charge in [0.2, 0.25) is 5.91 Å². The van der Waals surface area contributed by atoms with E-state index in [0.29, 0.717) is 12.4 Å². The Morgan fingerprint density at radius 2 is 2.00 bits per heavy atom. The van der Waals surface area contributed by atoms with Gasteiger partial charge in [-0.05, 0) is 24.1 Å². The molecule has 0 spiro atoms. The highest BCUT2D eigenvalue weighted by atomic mass is 32.2. The van der Waals surface area contributed by atoms with E-state index in [1.165, 1.54) is 23.9 Å². The molecule has 0 radical (unpaired) electrons. The van der Waals surface area contributed by atoms with Gasteiger partial charge in [0.15, 0.2) is 0 Å². The molecule has 1 aliphatic heterocycles. The van der Waals surface area contributed by atoms with Crippen LogP contribution in [-0.2, 0) is 14.3 Å². The molecule has 1 amide bonds. The van der Waals surface area contributed by atoms with Crippen molar-refractivity contribution < 1.29 is 18.7 Å². The zero-order valence-corrected chi connectivity index (χ0v) is 14.4. The van der Waals surface area contributed by atoms with Crippen LogP contribution in [0.4, 0.5) is 4.39 Å². The first-order chi connectivity index (χ1) is 11.0. The van der Waals surface area contributed by atoms with Crippen molar-refractivity contribution in [3.63, 3.8) is 0 Å². The summed E-state index contributed by atoms with van der Waals surface area (Å²) in [5.41, 5.74) is 0.816. The van der Waals surface area contributed by atoms with Gasteiger partial charge in [0, 0.05) is 11.7 Å². The fourth-order valence-electron chi connectivity index (χ4n) is 2.44. The Kier molecular flexibility index (Phi) is 6.04. The lowest BCUT2D eigenvalue weighted by atomic mass is 10.1. The minimum absolute atomic E-state index is 0.0947. The van der Waals surface area contributed by atoms with E-state index in [4.69, 9.17) is 4.74 Å². The summed E-state index contributed by atoms with van der Waals surface area (Å²) in [5, 5.41) is -0.287. The van der Waals surface area contributed by atoms with Gasteiger partial charge in [-0.25, -0.2) is 9.18 Å². The number of hydrogen-bond acceptors (Lipinski definition) is 4. The van der Waals surface area contributed by atoms with E-state index in [9.17, 15) is 14.0 Å². The van der Waals surface area contributed by atoms with Gasteiger partial charge in [0.1, 0.15) is 17.2 Å². The highest BCUT2D eigenvalue weighted by Crippen LogP contribution is 2.42. The molecule has 2 unspecified atom stereocenters. The molecule has 0 saturated carbocycles. The second-order valence-corrected chi connectivity index (χ2v) is 6.93. The molecule has 2 atom stereocenters. The largest absolute Gasteiger partial charge is 0.464 e. The topological polar surface area (TPSA) is 46.6 Å². The fraction of sp³-hybridized carbons (Fsp3) is 0.529. The van der Waals surface area contributed by atoms with Crippen molar-refractivity contribution in [1.82, 2.24) is 4.90 Å². The van der Waals surface area contributed by atoms with Crippen LogP contribution >= 0.6 is 11.8 Å². The Hall–Kier alpha value is -1.56. The van der Waals surface area contributed by atoms with Gasteiger partial charge in [0.05, 0.1) is 6.61 Å². The minimum atomic E-state index is -0.587. The van der Waals surface area contributed by atoms with Crippen LogP contribution in [0.2, 0.25) is 0 Å². The first kappa shape index (κ1) is 17.8. The summed E-state index contributed by atoms with van der Waals surface area (Å²) in [6, 6.07) is 5.48. The van der Waals surface area contributed by atoms with Crippen LogP contribution in [0.3, 0.4) is 0 Å². The summed E-state index contributed by atoms with van der Waals surface area (Å²) in [7, 11) is 0. The van der Waals surface area contributed by atoms with E-state index in [1.54, 1.807) is 17.0 Å². The second kappa shape index (κ2) is 7.81. The summed E-state index contributed by atoms with van der Waals surface area (Å²) in [5.74, 6) is -0.514. The Morgan fingerprint density at radius 1 is 1.35 bits per heavy atom. The van der Waals surface area contributed by atoms with Crippen LogP contribution in [0.1, 0.15) is 38.1 Å². The lowest BCUT2D eigenvalue weighted by molar-refractivity contribution is -0.155. The van der Waals surface area contributed by atoms with Crippen LogP contribution in [0.5, 0.6) is 0 Å². The molecule has 0 aliphatic carbocycles. The molecule has 4 nitrogen and oxygen atoms in total. The van der Waals surface area contributed by atoms with Crippen molar-refractivity contribution in [3.05, 3.63) is 35.6 Å². The maximum atomic E-state index is 13.1. The van der Waals surface area contributed by atoms with E-state index >= 15 is 0 Å². The van der Waals surface area contributed by atoms with E-state index in [-0.39, 0.29) is 29.0 Å². The Balaban J connectivity index is 2.26. The van der Waals surface area contributed by atoms with Gasteiger partial charge >= 0.3 is 5.97 Å². The molecule has 1 saturated heterocycles. The normalized spacial score (nSPS) is 20.8. The number of carbonyl (C=O) groups excluding carboxylic acids is 2. The molecule has 1 aliphatic rings. The molecular weight excluding hydrogens is 317 g/mol. The first-order valence-electron chi connectivity index (χ1n) is 7.81. The lowest BCUT2D eigenvalue weighted by Gasteiger charge is -2.30. The number of hydrogen-bond donors (Lipinski definition) is 0. The predicted octanol–water partition coefficient (Wildman–Crippen LogP) is 3.38. The van der Waals surface area contributed by atoms with E-state index in [2.05, 4.69) is 0 Å². The number of benzene rings is 1. The van der Waals surface area contributed by atoms with Crippen molar-refractivity contribution >= 4 is 23.6 Å². The van der Waals surface area contributed by atoms with Crippen molar-refractivity contribution in [2.45, 2.75) is 38.6 Å². The zero-order chi connectivity index (χ0) is 17.0. The molecule has 0 bridgehead atoms. The quantitative estimate of drug-likeness (QED) is 0.772. The molecule has 1 fully saturated rings. The lowest BCUT2D eigenvalue weighted by Crippen LogP contribution is -2.45. The average Bonchev–Trinajstić information content (AvgIpc) is 2.97. The third-order valence-corrected chi connectivity index (χ3v) is 4.95. The Bertz CT molecular complexity index is 561. The second-order valence-electron chi connectivity index (χ2n) is 5.82. The fourth-order valence-corrected chi connectivity index (χ4v) is 3.86. The molecule has 0 N–H and O–H groups in total. The molecule has 1 heterocycles. The van der Waals surface area contributed by atoms with Gasteiger partial charge in [-0.1, -0.05) is 32.9 Å². The number of thioether (sulfide) groups is 1. The number of nitrogens with zero attached hydrogens (tertiary/aromatic N) is 1. The van der Waals surface area contributed by atoms with Gasteiger partial charge in [-0.15, -0.1) is 11.8 Å². The van der Waals surface area contributed by atoms with Crippen LogP contribution in [0, 0.1) is 11.7 Å². The van der Waals surface area contributed by atoms with Gasteiger partial charge in [-0.2, -0.15) is 0 Å². The average molecular weight is 339 g/mol. The SMILES string of the molecule is CCCOC(=O)C1CSC(c2ccc(F)cc2)N1C(=O)C(C)C. The summed E-state index contributed by atoms with van der Waals surface area (Å²) >= 11 is 1.51. The van der Waals surface area contributed by atoms with Crippen molar-refractivity contribution in [2.24, 2.45) is 5.92 Å². The van der Waals surface area contributed by atoms with Crippen LogP contribution in [0.15, 0.2) is 24.3 Å². The number of rotatable bonds is 5. The van der Waals surface area contributed by atoms with Crippen LogP contribution in [0.25, 0.3) is 0 Å². The third kappa shape index (κ3) is 4.05. The maximum absolute atomic E-state index is 13.1. The van der Waals surface area contributed by atoms with Crippen molar-refractivity contribution in [3.8, 4) is 0 Å². The molecule has 1 aromatic rings. The number of esters is 1. The van der Waals surface area contributed by atoms with Crippen molar-refractivity contribution in [1.29, 1.82) is 0 Å². The van der Waals surface area contributed by atoms with Crippen LogP contribution < -0.4 is 0 Å². The van der Waals surface area contributed by atoms with Crippen LogP contribution in [-0.4, -0.2) is 35.2 Å². The molecule has 0 aromatic heterocycles. The van der Waals surface area contributed by atoms with Gasteiger partial charge in [0.25, 0.3) is 0 Å². The minimum Gasteiger partial charge on any atom is -0.464 e. The van der Waals surface area contributed by atoms with E-state index in [1.807, 2.05) is 20.8 Å². The highest BCUT2D eigenvalue weighted by molar-refractivity contribution is 7.99. The maximum Gasteiger partial charge on any atom is 0.329 e. The third-order valence-electron chi connectivity index (χ3n) is 3.62. The smallest absolute Gasteiger partial charge is 0.329 e. The van der Waals surface area contributed by atoms with E-state index in [0.717, 1.165) is 12.0 Å². The zero-order valence-electron chi connectivity index (χ0n) is 13.6. The Labute approximate surface area is 140 Å². The number of halogens is 1. The molecule has 23 heavy (non-hydrogen) atoms. The molecule has 2 rings (SSSR count). The van der Waals surface area contributed by atoms with E-state index < -0.39 is 6.04 Å². The number of carbonyl (C=O) groups is 2. The number of amides is 1. The first-order valence-corrected chi connectivity index (χ1v) is 8.86. The highest BCUT2D eigenvalue weighted by Gasteiger charge is 2.43. The summed E-state index contributed by atoms with van der Waals surface area (Å²) in [6.45, 7) is 5.89. The summed E-state index contributed by atoms with van der Waals surface area (Å²) in [6.07, 6.45) is 0.741. The molecule has 1 aromatic carbocycles. The molecule has 6 heteroatoms. The number of ether oxygens (including phenoxy) is 1. The van der Waals surface area contributed by atoms with Gasteiger partial charge in [-0.3, -0.25) is 4.79 Å². The molecule has 126 valence electrons. The van der Waals surface area contributed by atoms with Crippen molar-refractivity contribution in [2.75, 3.05) is 12.4 Å². The standard InChI is InChI=1S/C17H22FNO3S/c1-4-9-22-17(21)14-10-23-16(19(14)15(20)11(2)3)12-5-7-13(18)8-6-12/h5-8,11,14,16H,4,9-10H2,1-3H3. The summed E-state index contributed by atoms with van der Waals surface area (Å²) in [4.78, 5) is 26.5. The summed E-state index contributed by atoms with van der Waals surface area (Å²) < 4.78 is 18.4. The monoisotopic (exact) mass is 339 g/mol.